The first-order valence-corrected chi connectivity index (χ1v) is 11.3. The van der Waals surface area contributed by atoms with Crippen molar-refractivity contribution in [2.45, 2.75) is 30.8 Å². The van der Waals surface area contributed by atoms with Crippen LogP contribution in [0.2, 0.25) is 5.15 Å². The summed E-state index contributed by atoms with van der Waals surface area (Å²) in [6, 6.07) is 12.2. The Morgan fingerprint density at radius 2 is 1.85 bits per heavy atom. The molecule has 1 aliphatic rings. The van der Waals surface area contributed by atoms with Crippen molar-refractivity contribution in [3.8, 4) is 10.4 Å². The van der Waals surface area contributed by atoms with E-state index in [1.807, 2.05) is 29.2 Å². The van der Waals surface area contributed by atoms with E-state index in [4.69, 9.17) is 11.6 Å². The van der Waals surface area contributed by atoms with Crippen molar-refractivity contribution in [2.75, 3.05) is 18.8 Å². The van der Waals surface area contributed by atoms with Crippen molar-refractivity contribution < 1.29 is 4.79 Å². The van der Waals surface area contributed by atoms with Crippen LogP contribution in [0.25, 0.3) is 20.7 Å². The van der Waals surface area contributed by atoms with E-state index in [1.54, 1.807) is 11.3 Å². The number of hydrogen-bond donors (Lipinski definition) is 0. The number of fused-ring (bicyclic) bond motifs is 1. The van der Waals surface area contributed by atoms with Gasteiger partial charge in [-0.2, -0.15) is 0 Å². The Morgan fingerprint density at radius 1 is 1.11 bits per heavy atom. The van der Waals surface area contributed by atoms with Gasteiger partial charge in [0.2, 0.25) is 5.91 Å². The average Bonchev–Trinajstić information content (AvgIpc) is 2.94. The van der Waals surface area contributed by atoms with Gasteiger partial charge in [-0.05, 0) is 24.5 Å². The second-order valence-electron chi connectivity index (χ2n) is 6.58. The molecule has 1 saturated heterocycles. The number of likely N-dealkylation sites (tertiary alicyclic amines) is 1. The molecule has 0 atom stereocenters. The summed E-state index contributed by atoms with van der Waals surface area (Å²) in [7, 11) is 0. The summed E-state index contributed by atoms with van der Waals surface area (Å²) in [6.07, 6.45) is 4.63. The number of amides is 1. The smallest absolute Gasteiger partial charge is 0.233 e. The zero-order valence-corrected chi connectivity index (χ0v) is 17.2. The fraction of sp³-hybridized carbons (Fsp3) is 0.350. The van der Waals surface area contributed by atoms with Gasteiger partial charge >= 0.3 is 0 Å². The molecule has 1 amide bonds. The van der Waals surface area contributed by atoms with Crippen molar-refractivity contribution in [3.05, 3.63) is 41.6 Å². The van der Waals surface area contributed by atoms with Crippen LogP contribution < -0.4 is 0 Å². The molecule has 1 aliphatic heterocycles. The average molecular weight is 418 g/mol. The molecule has 0 bridgehead atoms. The molecule has 0 aliphatic carbocycles. The van der Waals surface area contributed by atoms with Crippen LogP contribution in [0.15, 0.2) is 41.6 Å². The SMILES string of the molecule is O=C(CSc1nc(Cl)c2cc(-c3ccccc3)sc2n1)N1CCCCCC1. The first kappa shape index (κ1) is 18.7. The quantitative estimate of drug-likeness (QED) is 0.319. The number of carbonyl (C=O) groups is 1. The fourth-order valence-electron chi connectivity index (χ4n) is 3.22. The Morgan fingerprint density at radius 3 is 2.59 bits per heavy atom. The van der Waals surface area contributed by atoms with Crippen LogP contribution >= 0.6 is 34.7 Å². The lowest BCUT2D eigenvalue weighted by molar-refractivity contribution is -0.128. The summed E-state index contributed by atoms with van der Waals surface area (Å²) in [5.41, 5.74) is 1.14. The summed E-state index contributed by atoms with van der Waals surface area (Å²) < 4.78 is 0. The summed E-state index contributed by atoms with van der Waals surface area (Å²) in [4.78, 5) is 25.5. The van der Waals surface area contributed by atoms with Crippen LogP contribution in [0, 0.1) is 0 Å². The van der Waals surface area contributed by atoms with Crippen LogP contribution in [-0.4, -0.2) is 39.6 Å². The zero-order valence-electron chi connectivity index (χ0n) is 14.9. The lowest BCUT2D eigenvalue weighted by Gasteiger charge is -2.19. The number of aromatic nitrogens is 2. The number of halogens is 1. The molecule has 1 aromatic carbocycles. The Kier molecular flexibility index (Phi) is 5.95. The number of carbonyl (C=O) groups excluding carboxylic acids is 1. The number of nitrogens with zero attached hydrogens (tertiary/aromatic N) is 3. The highest BCUT2D eigenvalue weighted by Crippen LogP contribution is 2.36. The second-order valence-corrected chi connectivity index (χ2v) is 8.91. The summed E-state index contributed by atoms with van der Waals surface area (Å²) in [6.45, 7) is 1.73. The van der Waals surface area contributed by atoms with Gasteiger partial charge in [0.05, 0.1) is 5.75 Å². The highest BCUT2D eigenvalue weighted by molar-refractivity contribution is 7.99. The fourth-order valence-corrected chi connectivity index (χ4v) is 5.39. The maximum Gasteiger partial charge on any atom is 0.233 e. The van der Waals surface area contributed by atoms with Crippen LogP contribution in [0.1, 0.15) is 25.7 Å². The molecular weight excluding hydrogens is 398 g/mol. The highest BCUT2D eigenvalue weighted by Gasteiger charge is 2.17. The van der Waals surface area contributed by atoms with Crippen LogP contribution in [0.5, 0.6) is 0 Å². The van der Waals surface area contributed by atoms with Gasteiger partial charge < -0.3 is 4.90 Å². The predicted molar refractivity (Wildman–Crippen MR) is 114 cm³/mol. The monoisotopic (exact) mass is 417 g/mol. The third-order valence-corrected chi connectivity index (χ3v) is 6.87. The first-order valence-electron chi connectivity index (χ1n) is 9.14. The third-order valence-electron chi connectivity index (χ3n) is 4.67. The minimum absolute atomic E-state index is 0.165. The van der Waals surface area contributed by atoms with Gasteiger partial charge in [0.15, 0.2) is 5.16 Å². The largest absolute Gasteiger partial charge is 0.342 e. The number of benzene rings is 1. The lowest BCUT2D eigenvalue weighted by Crippen LogP contribution is -2.33. The van der Waals surface area contributed by atoms with Gasteiger partial charge in [0, 0.05) is 23.4 Å². The van der Waals surface area contributed by atoms with Crippen LogP contribution in [-0.2, 0) is 4.79 Å². The molecular formula is C20H20ClN3OS2. The lowest BCUT2D eigenvalue weighted by atomic mass is 10.2. The summed E-state index contributed by atoms with van der Waals surface area (Å²) in [5.74, 6) is 0.525. The second kappa shape index (κ2) is 8.59. The Labute approximate surface area is 172 Å². The minimum atomic E-state index is 0.165. The van der Waals surface area contributed by atoms with Gasteiger partial charge in [-0.25, -0.2) is 9.97 Å². The van der Waals surface area contributed by atoms with E-state index in [0.717, 1.165) is 46.6 Å². The maximum atomic E-state index is 12.5. The summed E-state index contributed by atoms with van der Waals surface area (Å²) >= 11 is 9.37. The first-order chi connectivity index (χ1) is 13.2. The topological polar surface area (TPSA) is 46.1 Å². The normalized spacial score (nSPS) is 15.1. The Balaban J connectivity index is 1.50. The number of hydrogen-bond acceptors (Lipinski definition) is 5. The Bertz CT molecular complexity index is 937. The van der Waals surface area contributed by atoms with Gasteiger partial charge in [0.1, 0.15) is 9.98 Å². The molecule has 1 fully saturated rings. The standard InChI is InChI=1S/C20H20ClN3OS2/c21-18-15-12-16(14-8-4-3-5-9-14)27-19(15)23-20(22-18)26-13-17(25)24-10-6-1-2-7-11-24/h3-5,8-9,12H,1-2,6-7,10-11,13H2. The van der Waals surface area contributed by atoms with E-state index in [0.29, 0.717) is 16.1 Å². The molecule has 3 aromatic rings. The molecule has 2 aromatic heterocycles. The molecule has 4 nitrogen and oxygen atoms in total. The predicted octanol–water partition coefficient (Wildman–Crippen LogP) is 5.51. The molecule has 0 N–H and O–H groups in total. The highest BCUT2D eigenvalue weighted by atomic mass is 35.5. The number of rotatable bonds is 4. The van der Waals surface area contributed by atoms with E-state index < -0.39 is 0 Å². The van der Waals surface area contributed by atoms with Crippen molar-refractivity contribution in [1.82, 2.24) is 14.9 Å². The Hall–Kier alpha value is -1.63. The van der Waals surface area contributed by atoms with Gasteiger partial charge in [0.25, 0.3) is 0 Å². The molecule has 7 heteroatoms. The molecule has 3 heterocycles. The zero-order chi connectivity index (χ0) is 18.6. The molecule has 27 heavy (non-hydrogen) atoms. The molecule has 0 saturated carbocycles. The van der Waals surface area contributed by atoms with E-state index >= 15 is 0 Å². The van der Waals surface area contributed by atoms with Gasteiger partial charge in [-0.3, -0.25) is 4.79 Å². The minimum Gasteiger partial charge on any atom is -0.342 e. The van der Waals surface area contributed by atoms with E-state index in [1.165, 1.54) is 24.6 Å². The molecule has 0 spiro atoms. The van der Waals surface area contributed by atoms with E-state index in [9.17, 15) is 4.79 Å². The number of thiophene rings is 1. The van der Waals surface area contributed by atoms with Gasteiger partial charge in [-0.15, -0.1) is 11.3 Å². The summed E-state index contributed by atoms with van der Waals surface area (Å²) in [5, 5.41) is 1.88. The van der Waals surface area contributed by atoms with Crippen molar-refractivity contribution >= 4 is 50.8 Å². The molecule has 4 rings (SSSR count). The van der Waals surface area contributed by atoms with Crippen LogP contribution in [0.3, 0.4) is 0 Å². The van der Waals surface area contributed by atoms with Gasteiger partial charge in [-0.1, -0.05) is 66.5 Å². The van der Waals surface area contributed by atoms with Crippen molar-refractivity contribution in [1.29, 1.82) is 0 Å². The van der Waals surface area contributed by atoms with Crippen molar-refractivity contribution in [2.24, 2.45) is 0 Å². The maximum absolute atomic E-state index is 12.5. The molecule has 140 valence electrons. The molecule has 0 radical (unpaired) electrons. The van der Waals surface area contributed by atoms with Crippen molar-refractivity contribution in [3.63, 3.8) is 0 Å². The van der Waals surface area contributed by atoms with E-state index in [2.05, 4.69) is 22.1 Å². The third kappa shape index (κ3) is 4.45. The van der Waals surface area contributed by atoms with E-state index in [-0.39, 0.29) is 5.91 Å². The molecule has 0 unspecified atom stereocenters. The van der Waals surface area contributed by atoms with Crippen LogP contribution in [0.4, 0.5) is 0 Å². The number of thioether (sulfide) groups is 1.